The summed E-state index contributed by atoms with van der Waals surface area (Å²) in [5.41, 5.74) is 2.86. The van der Waals surface area contributed by atoms with Gasteiger partial charge in [-0.05, 0) is 42.7 Å². The summed E-state index contributed by atoms with van der Waals surface area (Å²) >= 11 is 0. The highest BCUT2D eigenvalue weighted by Crippen LogP contribution is 2.20. The number of benzene rings is 2. The molecule has 1 heterocycles. The second-order valence-electron chi connectivity index (χ2n) is 5.93. The van der Waals surface area contributed by atoms with Crippen molar-refractivity contribution in [3.63, 3.8) is 0 Å². The van der Waals surface area contributed by atoms with Crippen LogP contribution in [0.5, 0.6) is 0 Å². The van der Waals surface area contributed by atoms with Crippen LogP contribution in [0, 0.1) is 0 Å². The maximum atomic E-state index is 12.2. The Balaban J connectivity index is 1.57. The molecule has 0 saturated carbocycles. The molecule has 0 spiro atoms. The van der Waals surface area contributed by atoms with Crippen LogP contribution >= 0.6 is 0 Å². The van der Waals surface area contributed by atoms with E-state index in [2.05, 4.69) is 10.2 Å². The molecule has 0 aliphatic carbocycles. The summed E-state index contributed by atoms with van der Waals surface area (Å²) in [5.74, 6) is -0.0607. The molecular weight excluding hydrogens is 288 g/mol. The molecule has 0 unspecified atom stereocenters. The Morgan fingerprint density at radius 2 is 1.70 bits per heavy atom. The van der Waals surface area contributed by atoms with Crippen molar-refractivity contribution in [3.8, 4) is 0 Å². The highest BCUT2D eigenvalue weighted by molar-refractivity contribution is 5.94. The second-order valence-corrected chi connectivity index (χ2v) is 5.93. The molecule has 0 radical (unpaired) electrons. The highest BCUT2D eigenvalue weighted by atomic mass is 16.3. The average Bonchev–Trinajstić information content (AvgIpc) is 2.61. The third kappa shape index (κ3) is 4.11. The van der Waals surface area contributed by atoms with Gasteiger partial charge in [0, 0.05) is 30.9 Å². The van der Waals surface area contributed by atoms with Crippen LogP contribution in [0.3, 0.4) is 0 Å². The standard InChI is InChI=1S/C19H22N2O2/c22-18-10-12-21(13-11-18)17-8-6-16(7-9-17)19(23)20-14-15-4-2-1-3-5-15/h1-9,18,22H,10-14H2,(H,20,23). The van der Waals surface area contributed by atoms with Gasteiger partial charge in [0.1, 0.15) is 0 Å². The fourth-order valence-electron chi connectivity index (χ4n) is 2.83. The van der Waals surface area contributed by atoms with Gasteiger partial charge in [0.25, 0.3) is 5.91 Å². The largest absolute Gasteiger partial charge is 0.393 e. The van der Waals surface area contributed by atoms with Crippen molar-refractivity contribution in [2.45, 2.75) is 25.5 Å². The number of piperidine rings is 1. The molecule has 1 saturated heterocycles. The van der Waals surface area contributed by atoms with E-state index >= 15 is 0 Å². The zero-order valence-corrected chi connectivity index (χ0v) is 13.1. The van der Waals surface area contributed by atoms with E-state index in [4.69, 9.17) is 0 Å². The fourth-order valence-corrected chi connectivity index (χ4v) is 2.83. The first-order chi connectivity index (χ1) is 11.2. The van der Waals surface area contributed by atoms with Crippen molar-refractivity contribution in [2.24, 2.45) is 0 Å². The number of nitrogens with one attached hydrogen (secondary N) is 1. The maximum absolute atomic E-state index is 12.2. The third-order valence-corrected chi connectivity index (χ3v) is 4.26. The van der Waals surface area contributed by atoms with Gasteiger partial charge in [0.15, 0.2) is 0 Å². The summed E-state index contributed by atoms with van der Waals surface area (Å²) in [7, 11) is 0. The summed E-state index contributed by atoms with van der Waals surface area (Å²) in [5, 5.41) is 12.5. The molecule has 0 atom stereocenters. The minimum absolute atomic E-state index is 0.0607. The molecule has 3 rings (SSSR count). The van der Waals surface area contributed by atoms with E-state index in [0.29, 0.717) is 12.1 Å². The number of carbonyl (C=O) groups is 1. The van der Waals surface area contributed by atoms with Gasteiger partial charge in [-0.25, -0.2) is 0 Å². The zero-order valence-electron chi connectivity index (χ0n) is 13.1. The maximum Gasteiger partial charge on any atom is 0.251 e. The molecule has 0 aromatic heterocycles. The topological polar surface area (TPSA) is 52.6 Å². The first kappa shape index (κ1) is 15.6. The van der Waals surface area contributed by atoms with Crippen molar-refractivity contribution in [1.82, 2.24) is 5.32 Å². The molecule has 23 heavy (non-hydrogen) atoms. The SMILES string of the molecule is O=C(NCc1ccccc1)c1ccc(N2CCC(O)CC2)cc1. The molecule has 1 aliphatic heterocycles. The third-order valence-electron chi connectivity index (χ3n) is 4.26. The number of hydrogen-bond acceptors (Lipinski definition) is 3. The van der Waals surface area contributed by atoms with Crippen LogP contribution in [0.15, 0.2) is 54.6 Å². The van der Waals surface area contributed by atoms with Crippen molar-refractivity contribution >= 4 is 11.6 Å². The molecule has 2 aromatic rings. The van der Waals surface area contributed by atoms with E-state index in [-0.39, 0.29) is 12.0 Å². The number of carbonyl (C=O) groups excluding carboxylic acids is 1. The van der Waals surface area contributed by atoms with Crippen LogP contribution in [0.1, 0.15) is 28.8 Å². The normalized spacial score (nSPS) is 15.4. The fraction of sp³-hybridized carbons (Fsp3) is 0.316. The summed E-state index contributed by atoms with van der Waals surface area (Å²) in [6.45, 7) is 2.26. The van der Waals surface area contributed by atoms with Crippen LogP contribution in [-0.2, 0) is 6.54 Å². The van der Waals surface area contributed by atoms with Gasteiger partial charge in [0.2, 0.25) is 0 Å². The van der Waals surface area contributed by atoms with Gasteiger partial charge in [-0.3, -0.25) is 4.79 Å². The molecule has 2 aromatic carbocycles. The molecule has 4 heteroatoms. The predicted octanol–water partition coefficient (Wildman–Crippen LogP) is 2.58. The smallest absolute Gasteiger partial charge is 0.251 e. The second kappa shape index (κ2) is 7.29. The Morgan fingerprint density at radius 1 is 1.04 bits per heavy atom. The molecule has 120 valence electrons. The number of aliphatic hydroxyl groups is 1. The van der Waals surface area contributed by atoms with E-state index in [1.54, 1.807) is 0 Å². The van der Waals surface area contributed by atoms with E-state index in [0.717, 1.165) is 37.2 Å². The minimum Gasteiger partial charge on any atom is -0.393 e. The van der Waals surface area contributed by atoms with Gasteiger partial charge in [-0.2, -0.15) is 0 Å². The van der Waals surface area contributed by atoms with Crippen molar-refractivity contribution < 1.29 is 9.90 Å². The lowest BCUT2D eigenvalue weighted by Gasteiger charge is -2.31. The summed E-state index contributed by atoms with van der Waals surface area (Å²) in [6, 6.07) is 17.6. The first-order valence-electron chi connectivity index (χ1n) is 8.07. The molecule has 0 bridgehead atoms. The number of anilines is 1. The van der Waals surface area contributed by atoms with Crippen LogP contribution in [0.4, 0.5) is 5.69 Å². The van der Waals surface area contributed by atoms with Gasteiger partial charge in [-0.15, -0.1) is 0 Å². The Morgan fingerprint density at radius 3 is 2.35 bits per heavy atom. The lowest BCUT2D eigenvalue weighted by atomic mass is 10.1. The molecule has 1 fully saturated rings. The molecule has 4 nitrogen and oxygen atoms in total. The van der Waals surface area contributed by atoms with Crippen LogP contribution in [-0.4, -0.2) is 30.2 Å². The van der Waals surface area contributed by atoms with Crippen molar-refractivity contribution in [3.05, 3.63) is 65.7 Å². The lowest BCUT2D eigenvalue weighted by molar-refractivity contribution is 0.0951. The van der Waals surface area contributed by atoms with Gasteiger partial charge < -0.3 is 15.3 Å². The molecule has 2 N–H and O–H groups in total. The van der Waals surface area contributed by atoms with Crippen LogP contribution in [0.2, 0.25) is 0 Å². The average molecular weight is 310 g/mol. The Hall–Kier alpha value is -2.33. The van der Waals surface area contributed by atoms with Gasteiger partial charge in [-0.1, -0.05) is 30.3 Å². The van der Waals surface area contributed by atoms with Crippen LogP contribution in [0.25, 0.3) is 0 Å². The molecular formula is C19H22N2O2. The van der Waals surface area contributed by atoms with E-state index in [1.165, 1.54) is 0 Å². The van der Waals surface area contributed by atoms with Crippen molar-refractivity contribution in [1.29, 1.82) is 0 Å². The Labute approximate surface area is 136 Å². The number of rotatable bonds is 4. The number of aliphatic hydroxyl groups excluding tert-OH is 1. The molecule has 1 amide bonds. The first-order valence-corrected chi connectivity index (χ1v) is 8.07. The number of nitrogens with zero attached hydrogens (tertiary/aromatic N) is 1. The monoisotopic (exact) mass is 310 g/mol. The van der Waals surface area contributed by atoms with E-state index in [1.807, 2.05) is 54.6 Å². The van der Waals surface area contributed by atoms with Gasteiger partial charge in [0.05, 0.1) is 6.10 Å². The Bertz CT molecular complexity index is 632. The lowest BCUT2D eigenvalue weighted by Crippen LogP contribution is -2.35. The predicted molar refractivity (Wildman–Crippen MR) is 91.5 cm³/mol. The zero-order chi connectivity index (χ0) is 16.1. The minimum atomic E-state index is -0.172. The highest BCUT2D eigenvalue weighted by Gasteiger charge is 2.17. The quantitative estimate of drug-likeness (QED) is 0.912. The van der Waals surface area contributed by atoms with Crippen LogP contribution < -0.4 is 10.2 Å². The number of amides is 1. The Kier molecular flexibility index (Phi) is 4.93. The van der Waals surface area contributed by atoms with E-state index in [9.17, 15) is 9.90 Å². The summed E-state index contributed by atoms with van der Waals surface area (Å²) in [4.78, 5) is 14.4. The van der Waals surface area contributed by atoms with Gasteiger partial charge >= 0.3 is 0 Å². The van der Waals surface area contributed by atoms with E-state index < -0.39 is 0 Å². The number of hydrogen-bond donors (Lipinski definition) is 2. The van der Waals surface area contributed by atoms with Crippen molar-refractivity contribution in [2.75, 3.05) is 18.0 Å². The summed E-state index contributed by atoms with van der Waals surface area (Å²) in [6.07, 6.45) is 1.44. The molecule has 1 aliphatic rings. The summed E-state index contributed by atoms with van der Waals surface area (Å²) < 4.78 is 0.